The molecule has 1 rings (SSSR count). The minimum atomic E-state index is -0.156. The standard InChI is InChI=1S/C12H20N4O/c1-3-5-6-7-14-12(17)10-8-16-11(9-15-10)13-4-2/h8-9H,3-7H2,1-2H3,(H,13,16)(H,14,17). The Morgan fingerprint density at radius 1 is 1.24 bits per heavy atom. The monoisotopic (exact) mass is 236 g/mol. The number of nitrogens with zero attached hydrogens (tertiary/aromatic N) is 2. The molecular weight excluding hydrogens is 216 g/mol. The number of amides is 1. The van der Waals surface area contributed by atoms with Gasteiger partial charge in [0.15, 0.2) is 0 Å². The fourth-order valence-corrected chi connectivity index (χ4v) is 1.39. The summed E-state index contributed by atoms with van der Waals surface area (Å²) in [5, 5.41) is 5.85. The molecule has 94 valence electrons. The number of hydrogen-bond acceptors (Lipinski definition) is 4. The average molecular weight is 236 g/mol. The van der Waals surface area contributed by atoms with E-state index in [0.29, 0.717) is 18.1 Å². The quantitative estimate of drug-likeness (QED) is 0.709. The van der Waals surface area contributed by atoms with E-state index in [1.165, 1.54) is 6.20 Å². The number of carbonyl (C=O) groups excluding carboxylic acids is 1. The highest BCUT2D eigenvalue weighted by molar-refractivity contribution is 5.91. The normalized spacial score (nSPS) is 10.0. The summed E-state index contributed by atoms with van der Waals surface area (Å²) in [6.07, 6.45) is 6.35. The minimum absolute atomic E-state index is 0.156. The average Bonchev–Trinajstić information content (AvgIpc) is 2.36. The van der Waals surface area contributed by atoms with Crippen LogP contribution in [0.5, 0.6) is 0 Å². The molecule has 0 aromatic carbocycles. The molecule has 5 nitrogen and oxygen atoms in total. The van der Waals surface area contributed by atoms with Crippen LogP contribution in [-0.4, -0.2) is 29.0 Å². The van der Waals surface area contributed by atoms with Crippen molar-refractivity contribution in [3.63, 3.8) is 0 Å². The second kappa shape index (κ2) is 7.60. The molecule has 0 saturated carbocycles. The molecule has 17 heavy (non-hydrogen) atoms. The third-order valence-electron chi connectivity index (χ3n) is 2.31. The van der Waals surface area contributed by atoms with E-state index in [1.54, 1.807) is 6.20 Å². The lowest BCUT2D eigenvalue weighted by Gasteiger charge is -2.05. The first kappa shape index (κ1) is 13.4. The fourth-order valence-electron chi connectivity index (χ4n) is 1.39. The van der Waals surface area contributed by atoms with Gasteiger partial charge in [-0.1, -0.05) is 19.8 Å². The fraction of sp³-hybridized carbons (Fsp3) is 0.583. The first-order chi connectivity index (χ1) is 8.27. The Kier molecular flexibility index (Phi) is 5.99. The van der Waals surface area contributed by atoms with Crippen LogP contribution in [0.4, 0.5) is 5.82 Å². The van der Waals surface area contributed by atoms with Crippen molar-refractivity contribution in [3.05, 3.63) is 18.1 Å². The molecule has 2 N–H and O–H groups in total. The van der Waals surface area contributed by atoms with Gasteiger partial charge in [-0.25, -0.2) is 9.97 Å². The van der Waals surface area contributed by atoms with Crippen molar-refractivity contribution in [3.8, 4) is 0 Å². The highest BCUT2D eigenvalue weighted by Crippen LogP contribution is 2.00. The molecule has 0 fully saturated rings. The third kappa shape index (κ3) is 4.80. The predicted molar refractivity (Wildman–Crippen MR) is 68.1 cm³/mol. The summed E-state index contributed by atoms with van der Waals surface area (Å²) in [7, 11) is 0. The van der Waals surface area contributed by atoms with Gasteiger partial charge in [0, 0.05) is 13.1 Å². The Morgan fingerprint density at radius 3 is 2.65 bits per heavy atom. The lowest BCUT2D eigenvalue weighted by atomic mass is 10.2. The lowest BCUT2D eigenvalue weighted by molar-refractivity contribution is 0.0947. The van der Waals surface area contributed by atoms with Crippen molar-refractivity contribution in [1.82, 2.24) is 15.3 Å². The van der Waals surface area contributed by atoms with E-state index in [9.17, 15) is 4.79 Å². The van der Waals surface area contributed by atoms with Gasteiger partial charge in [0.2, 0.25) is 0 Å². The maximum Gasteiger partial charge on any atom is 0.271 e. The topological polar surface area (TPSA) is 66.9 Å². The highest BCUT2D eigenvalue weighted by atomic mass is 16.1. The maximum absolute atomic E-state index is 11.6. The number of carbonyl (C=O) groups is 1. The summed E-state index contributed by atoms with van der Waals surface area (Å²) in [6, 6.07) is 0. The summed E-state index contributed by atoms with van der Waals surface area (Å²) in [5.41, 5.74) is 0.364. The molecule has 0 aliphatic rings. The van der Waals surface area contributed by atoms with Crippen LogP contribution >= 0.6 is 0 Å². The maximum atomic E-state index is 11.6. The number of aromatic nitrogens is 2. The van der Waals surface area contributed by atoms with Gasteiger partial charge in [-0.05, 0) is 13.3 Å². The van der Waals surface area contributed by atoms with Crippen molar-refractivity contribution >= 4 is 11.7 Å². The number of rotatable bonds is 7. The number of hydrogen-bond donors (Lipinski definition) is 2. The largest absolute Gasteiger partial charge is 0.369 e. The summed E-state index contributed by atoms with van der Waals surface area (Å²) in [6.45, 7) is 5.60. The van der Waals surface area contributed by atoms with Crippen molar-refractivity contribution in [2.75, 3.05) is 18.4 Å². The van der Waals surface area contributed by atoms with Gasteiger partial charge < -0.3 is 10.6 Å². The van der Waals surface area contributed by atoms with Crippen LogP contribution < -0.4 is 10.6 Å². The summed E-state index contributed by atoms with van der Waals surface area (Å²) in [4.78, 5) is 19.8. The van der Waals surface area contributed by atoms with Gasteiger partial charge >= 0.3 is 0 Å². The second-order valence-corrected chi connectivity index (χ2v) is 3.78. The van der Waals surface area contributed by atoms with Gasteiger partial charge in [-0.3, -0.25) is 4.79 Å². The van der Waals surface area contributed by atoms with Crippen LogP contribution in [0, 0.1) is 0 Å². The lowest BCUT2D eigenvalue weighted by Crippen LogP contribution is -2.25. The Hall–Kier alpha value is -1.65. The number of nitrogens with one attached hydrogen (secondary N) is 2. The van der Waals surface area contributed by atoms with Gasteiger partial charge in [-0.2, -0.15) is 0 Å². The summed E-state index contributed by atoms with van der Waals surface area (Å²) in [5.74, 6) is 0.534. The molecule has 0 spiro atoms. The number of anilines is 1. The molecule has 5 heteroatoms. The molecule has 0 atom stereocenters. The van der Waals surface area contributed by atoms with Crippen molar-refractivity contribution in [1.29, 1.82) is 0 Å². The van der Waals surface area contributed by atoms with Gasteiger partial charge in [0.1, 0.15) is 11.5 Å². The molecule has 1 aromatic rings. The van der Waals surface area contributed by atoms with Crippen LogP contribution in [0.2, 0.25) is 0 Å². The Bertz CT molecular complexity index is 337. The predicted octanol–water partition coefficient (Wildman–Crippen LogP) is 1.83. The second-order valence-electron chi connectivity index (χ2n) is 3.78. The molecule has 0 aliphatic heterocycles. The van der Waals surface area contributed by atoms with E-state index >= 15 is 0 Å². The van der Waals surface area contributed by atoms with Gasteiger partial charge in [-0.15, -0.1) is 0 Å². The van der Waals surface area contributed by atoms with Crippen LogP contribution in [0.25, 0.3) is 0 Å². The Morgan fingerprint density at radius 2 is 2.06 bits per heavy atom. The van der Waals surface area contributed by atoms with E-state index in [2.05, 4.69) is 27.5 Å². The molecule has 0 saturated heterocycles. The summed E-state index contributed by atoms with van der Waals surface area (Å²) < 4.78 is 0. The van der Waals surface area contributed by atoms with Crippen LogP contribution in [-0.2, 0) is 0 Å². The molecule has 1 amide bonds. The van der Waals surface area contributed by atoms with Gasteiger partial charge in [0.25, 0.3) is 5.91 Å². The molecule has 0 aliphatic carbocycles. The van der Waals surface area contributed by atoms with E-state index in [-0.39, 0.29) is 5.91 Å². The van der Waals surface area contributed by atoms with Crippen LogP contribution in [0.1, 0.15) is 43.6 Å². The van der Waals surface area contributed by atoms with Gasteiger partial charge in [0.05, 0.1) is 12.4 Å². The molecular formula is C12H20N4O. The smallest absolute Gasteiger partial charge is 0.271 e. The highest BCUT2D eigenvalue weighted by Gasteiger charge is 2.06. The molecule has 0 unspecified atom stereocenters. The minimum Gasteiger partial charge on any atom is -0.369 e. The SMILES string of the molecule is CCCCCNC(=O)c1cnc(NCC)cn1. The molecule has 1 aromatic heterocycles. The Balaban J connectivity index is 2.40. The van der Waals surface area contributed by atoms with E-state index in [4.69, 9.17) is 0 Å². The van der Waals surface area contributed by atoms with Crippen molar-refractivity contribution in [2.24, 2.45) is 0 Å². The van der Waals surface area contributed by atoms with Crippen LogP contribution in [0.15, 0.2) is 12.4 Å². The van der Waals surface area contributed by atoms with Crippen molar-refractivity contribution < 1.29 is 4.79 Å². The van der Waals surface area contributed by atoms with Crippen LogP contribution in [0.3, 0.4) is 0 Å². The first-order valence-corrected chi connectivity index (χ1v) is 6.12. The molecule has 0 radical (unpaired) electrons. The first-order valence-electron chi connectivity index (χ1n) is 6.12. The van der Waals surface area contributed by atoms with Crippen molar-refractivity contribution in [2.45, 2.75) is 33.1 Å². The van der Waals surface area contributed by atoms with E-state index < -0.39 is 0 Å². The zero-order valence-electron chi connectivity index (χ0n) is 10.5. The third-order valence-corrected chi connectivity index (χ3v) is 2.31. The van der Waals surface area contributed by atoms with E-state index in [0.717, 1.165) is 25.8 Å². The zero-order valence-corrected chi connectivity index (χ0v) is 10.5. The zero-order chi connectivity index (χ0) is 12.5. The Labute approximate surface area is 102 Å². The molecule has 0 bridgehead atoms. The number of unbranched alkanes of at least 4 members (excludes halogenated alkanes) is 2. The summed E-state index contributed by atoms with van der Waals surface area (Å²) >= 11 is 0. The van der Waals surface area contributed by atoms with E-state index in [1.807, 2.05) is 6.92 Å². The molecule has 1 heterocycles.